The lowest BCUT2D eigenvalue weighted by Gasteiger charge is -2.33. The highest BCUT2D eigenvalue weighted by molar-refractivity contribution is 6.14. The van der Waals surface area contributed by atoms with Crippen LogP contribution in [0.15, 0.2) is 96.4 Å². The van der Waals surface area contributed by atoms with Crippen LogP contribution in [0.4, 0.5) is 5.69 Å². The highest BCUT2D eigenvalue weighted by Crippen LogP contribution is 2.56. The average molecular weight is 488 g/mol. The molecule has 1 aromatic heterocycles. The van der Waals surface area contributed by atoms with Crippen LogP contribution in [-0.4, -0.2) is 15.7 Å². The number of nitrogens with two attached hydrogens (primary N) is 1. The van der Waals surface area contributed by atoms with Crippen LogP contribution in [0.1, 0.15) is 35.7 Å². The molecule has 0 radical (unpaired) electrons. The molecule has 2 N–H and O–H groups in total. The number of rotatable bonds is 5. The van der Waals surface area contributed by atoms with E-state index in [1.54, 1.807) is 9.58 Å². The van der Waals surface area contributed by atoms with Gasteiger partial charge in [0, 0.05) is 11.3 Å². The summed E-state index contributed by atoms with van der Waals surface area (Å²) < 4.78 is 7.81. The van der Waals surface area contributed by atoms with E-state index in [2.05, 4.69) is 13.0 Å². The van der Waals surface area contributed by atoms with Gasteiger partial charge in [-0.3, -0.25) is 4.79 Å². The molecule has 7 nitrogen and oxygen atoms in total. The van der Waals surface area contributed by atoms with Crippen LogP contribution >= 0.6 is 0 Å². The van der Waals surface area contributed by atoms with Crippen LogP contribution in [0.3, 0.4) is 0 Å². The van der Waals surface area contributed by atoms with Crippen LogP contribution in [0.2, 0.25) is 0 Å². The van der Waals surface area contributed by atoms with Gasteiger partial charge in [-0.2, -0.15) is 10.4 Å². The molecule has 182 valence electrons. The van der Waals surface area contributed by atoms with E-state index < -0.39 is 5.41 Å². The molecule has 2 aliphatic heterocycles. The van der Waals surface area contributed by atoms with Gasteiger partial charge in [0.05, 0.1) is 23.5 Å². The molecular weight excluding hydrogens is 462 g/mol. The molecule has 1 atom stereocenters. The molecule has 7 heteroatoms. The Hall–Kier alpha value is -4.83. The van der Waals surface area contributed by atoms with Gasteiger partial charge in [0.15, 0.2) is 0 Å². The summed E-state index contributed by atoms with van der Waals surface area (Å²) in [5.41, 5.74) is 9.61. The Bertz CT molecular complexity index is 1580. The standard InChI is InChI=1S/C30H25N5O2/c1-2-11-24-26-28(35(33-24)21-14-7-4-8-15-21)37-27(32)23(18-31)30(26)22-16-9-10-17-25(22)34(29(30)36)19-20-12-5-3-6-13-20/h3-10,12-17H,2,11,19,32H2,1H3/t30-/m0/s1. The van der Waals surface area contributed by atoms with E-state index >= 15 is 0 Å². The Balaban J connectivity index is 1.66. The highest BCUT2D eigenvalue weighted by atomic mass is 16.5. The van der Waals surface area contributed by atoms with E-state index in [1.165, 1.54) is 0 Å². The van der Waals surface area contributed by atoms with E-state index in [0.29, 0.717) is 35.7 Å². The Kier molecular flexibility index (Phi) is 5.31. The SMILES string of the molecule is CCCc1nn(-c2ccccc2)c2c1[C@@]1(C(=O)N(Cc3ccccc3)c3ccccc31)C(C#N)=C(N)O2. The number of carbonyl (C=O) groups excluding carboxylic acids is 1. The Morgan fingerprint density at radius 1 is 1.00 bits per heavy atom. The number of hydrogen-bond donors (Lipinski definition) is 1. The number of benzene rings is 3. The Morgan fingerprint density at radius 3 is 2.38 bits per heavy atom. The van der Waals surface area contributed by atoms with Gasteiger partial charge in [-0.1, -0.05) is 80.1 Å². The smallest absolute Gasteiger partial charge is 0.248 e. The van der Waals surface area contributed by atoms with Crippen molar-refractivity contribution >= 4 is 11.6 Å². The van der Waals surface area contributed by atoms with Gasteiger partial charge in [-0.05, 0) is 30.2 Å². The van der Waals surface area contributed by atoms with Crippen LogP contribution in [0.25, 0.3) is 5.69 Å². The second-order valence-corrected chi connectivity index (χ2v) is 9.22. The first kappa shape index (κ1) is 22.6. The number of carbonyl (C=O) groups is 1. The fraction of sp³-hybridized carbons (Fsp3) is 0.167. The van der Waals surface area contributed by atoms with Crippen molar-refractivity contribution in [2.24, 2.45) is 5.73 Å². The molecule has 6 rings (SSSR count). The number of anilines is 1. The molecule has 0 saturated heterocycles. The summed E-state index contributed by atoms with van der Waals surface area (Å²) >= 11 is 0. The van der Waals surface area contributed by atoms with E-state index in [0.717, 1.165) is 23.4 Å². The number of ether oxygens (including phenoxy) is 1. The zero-order valence-corrected chi connectivity index (χ0v) is 20.4. The quantitative estimate of drug-likeness (QED) is 0.438. The summed E-state index contributed by atoms with van der Waals surface area (Å²) in [6.45, 7) is 2.43. The van der Waals surface area contributed by atoms with Crippen molar-refractivity contribution in [2.45, 2.75) is 31.7 Å². The first-order valence-corrected chi connectivity index (χ1v) is 12.3. The van der Waals surface area contributed by atoms with Crippen molar-refractivity contribution in [1.29, 1.82) is 5.26 Å². The molecule has 1 spiro atoms. The zero-order chi connectivity index (χ0) is 25.6. The predicted molar refractivity (Wildman–Crippen MR) is 140 cm³/mol. The van der Waals surface area contributed by atoms with Gasteiger partial charge >= 0.3 is 0 Å². The van der Waals surface area contributed by atoms with Gasteiger partial charge in [-0.25, -0.2) is 4.68 Å². The minimum absolute atomic E-state index is 0.0835. The third-order valence-corrected chi connectivity index (χ3v) is 7.07. The Labute approximate surface area is 215 Å². The molecule has 0 unspecified atom stereocenters. The highest BCUT2D eigenvalue weighted by Gasteiger charge is 2.61. The summed E-state index contributed by atoms with van der Waals surface area (Å²) in [5.74, 6) is 0.0577. The molecule has 37 heavy (non-hydrogen) atoms. The number of aromatic nitrogens is 2. The van der Waals surface area contributed by atoms with Gasteiger partial charge in [0.25, 0.3) is 0 Å². The van der Waals surface area contributed by atoms with E-state index in [-0.39, 0.29) is 17.4 Å². The topological polar surface area (TPSA) is 97.2 Å². The van der Waals surface area contributed by atoms with Crippen molar-refractivity contribution in [3.8, 4) is 17.6 Å². The van der Waals surface area contributed by atoms with Gasteiger partial charge in [-0.15, -0.1) is 0 Å². The monoisotopic (exact) mass is 487 g/mol. The zero-order valence-electron chi connectivity index (χ0n) is 20.4. The van der Waals surface area contributed by atoms with Crippen LogP contribution in [0, 0.1) is 11.3 Å². The number of hydrogen-bond acceptors (Lipinski definition) is 5. The fourth-order valence-corrected chi connectivity index (χ4v) is 5.54. The van der Waals surface area contributed by atoms with Crippen molar-refractivity contribution in [1.82, 2.24) is 9.78 Å². The predicted octanol–water partition coefficient (Wildman–Crippen LogP) is 4.74. The maximum absolute atomic E-state index is 14.7. The third-order valence-electron chi connectivity index (χ3n) is 7.07. The lowest BCUT2D eigenvalue weighted by Crippen LogP contribution is -2.46. The van der Waals surface area contributed by atoms with Crippen LogP contribution in [-0.2, 0) is 23.2 Å². The largest absolute Gasteiger partial charge is 0.422 e. The van der Waals surface area contributed by atoms with Crippen molar-refractivity contribution in [2.75, 3.05) is 4.90 Å². The molecule has 0 fully saturated rings. The summed E-state index contributed by atoms with van der Waals surface area (Å²) in [5, 5.41) is 15.3. The number of aryl methyl sites for hydroxylation is 1. The molecule has 0 aliphatic carbocycles. The third kappa shape index (κ3) is 3.19. The molecule has 2 aliphatic rings. The number of nitrogens with zero attached hydrogens (tertiary/aromatic N) is 4. The lowest BCUT2D eigenvalue weighted by atomic mass is 9.68. The van der Waals surface area contributed by atoms with E-state index in [1.807, 2.05) is 84.9 Å². The second kappa shape index (κ2) is 8.68. The molecule has 3 aromatic carbocycles. The maximum Gasteiger partial charge on any atom is 0.248 e. The van der Waals surface area contributed by atoms with Crippen molar-refractivity contribution < 1.29 is 9.53 Å². The molecule has 3 heterocycles. The first-order valence-electron chi connectivity index (χ1n) is 12.3. The van der Waals surface area contributed by atoms with Gasteiger partial charge < -0.3 is 15.4 Å². The lowest BCUT2D eigenvalue weighted by molar-refractivity contribution is -0.121. The van der Waals surface area contributed by atoms with Gasteiger partial charge in [0.1, 0.15) is 17.1 Å². The average Bonchev–Trinajstić information content (AvgIpc) is 3.40. The van der Waals surface area contributed by atoms with Crippen molar-refractivity contribution in [3.63, 3.8) is 0 Å². The summed E-state index contributed by atoms with van der Waals surface area (Å²) in [6, 6.07) is 29.3. The summed E-state index contributed by atoms with van der Waals surface area (Å²) in [7, 11) is 0. The Morgan fingerprint density at radius 2 is 1.68 bits per heavy atom. The molecule has 0 bridgehead atoms. The minimum Gasteiger partial charge on any atom is -0.422 e. The first-order chi connectivity index (χ1) is 18.1. The van der Waals surface area contributed by atoms with Crippen LogP contribution < -0.4 is 15.4 Å². The number of fused-ring (bicyclic) bond motifs is 4. The molecule has 1 amide bonds. The van der Waals surface area contributed by atoms with E-state index in [4.69, 9.17) is 15.6 Å². The number of nitriles is 1. The van der Waals surface area contributed by atoms with Gasteiger partial charge in [0.2, 0.25) is 17.7 Å². The fourth-order valence-electron chi connectivity index (χ4n) is 5.54. The molecule has 4 aromatic rings. The van der Waals surface area contributed by atoms with Crippen LogP contribution in [0.5, 0.6) is 5.88 Å². The molecule has 0 saturated carbocycles. The van der Waals surface area contributed by atoms with E-state index in [9.17, 15) is 10.1 Å². The number of para-hydroxylation sites is 2. The maximum atomic E-state index is 14.7. The summed E-state index contributed by atoms with van der Waals surface area (Å²) in [6.07, 6.45) is 1.42. The second-order valence-electron chi connectivity index (χ2n) is 9.22. The molecular formula is C30H25N5O2. The normalized spacial score (nSPS) is 17.9. The minimum atomic E-state index is -1.45. The summed E-state index contributed by atoms with van der Waals surface area (Å²) in [4.78, 5) is 16.5. The van der Waals surface area contributed by atoms with Crippen molar-refractivity contribution in [3.05, 3.63) is 119 Å². The number of amides is 1.